The van der Waals surface area contributed by atoms with E-state index in [1.165, 1.54) is 12.1 Å². The van der Waals surface area contributed by atoms with Gasteiger partial charge in [0.05, 0.1) is 21.5 Å². The smallest absolute Gasteiger partial charge is 0.196 e. The topological polar surface area (TPSA) is 72.5 Å². The summed E-state index contributed by atoms with van der Waals surface area (Å²) in [6.45, 7) is 7.07. The van der Waals surface area contributed by atoms with Crippen LogP contribution in [0.2, 0.25) is 0 Å². The lowest BCUT2D eigenvalue weighted by atomic mass is 9.92. The molecule has 4 rings (SSSR count). The Bertz CT molecular complexity index is 1260. The second-order valence-corrected chi connectivity index (χ2v) is 10.0. The number of pyridine rings is 1. The maximum absolute atomic E-state index is 14.4. The Balaban J connectivity index is 2.01. The number of nitrogens with zero attached hydrogens (tertiary/aromatic N) is 2. The second-order valence-electron chi connectivity index (χ2n) is 8.10. The van der Waals surface area contributed by atoms with Gasteiger partial charge in [0.15, 0.2) is 5.43 Å². The lowest BCUT2D eigenvalue weighted by Gasteiger charge is -2.18. The molecule has 0 spiro atoms. The second kappa shape index (κ2) is 6.99. The number of fused-ring (bicyclic) bond motifs is 4. The van der Waals surface area contributed by atoms with E-state index in [2.05, 4.69) is 9.38 Å². The van der Waals surface area contributed by atoms with Crippen molar-refractivity contribution in [1.82, 2.24) is 4.98 Å². The summed E-state index contributed by atoms with van der Waals surface area (Å²) in [6.07, 6.45) is 2.83. The zero-order valence-corrected chi connectivity index (χ0v) is 17.5. The average molecular weight is 412 g/mol. The summed E-state index contributed by atoms with van der Waals surface area (Å²) in [5, 5.41) is 0.169. The molecule has 0 bridgehead atoms. The third kappa shape index (κ3) is 3.44. The Hall–Kier alpha value is -2.67. The van der Waals surface area contributed by atoms with E-state index in [-0.39, 0.29) is 16.4 Å². The molecule has 1 aliphatic carbocycles. The summed E-state index contributed by atoms with van der Waals surface area (Å²) in [5.74, 6) is -0.0943. The molecule has 0 N–H and O–H groups in total. The van der Waals surface area contributed by atoms with Crippen LogP contribution in [0, 0.1) is 5.82 Å². The molecule has 5 nitrogen and oxygen atoms in total. The number of benzene rings is 1. The first-order chi connectivity index (χ1) is 13.7. The van der Waals surface area contributed by atoms with Crippen molar-refractivity contribution in [3.8, 4) is 11.3 Å². The van der Waals surface area contributed by atoms with Gasteiger partial charge in [-0.3, -0.25) is 9.78 Å². The Kier molecular flexibility index (Phi) is 4.73. The lowest BCUT2D eigenvalue weighted by molar-refractivity contribution is 0.593. The average Bonchev–Trinajstić information content (AvgIpc) is 2.67. The van der Waals surface area contributed by atoms with Crippen LogP contribution in [0.1, 0.15) is 44.5 Å². The summed E-state index contributed by atoms with van der Waals surface area (Å²) in [7, 11) is -1.53. The van der Waals surface area contributed by atoms with Gasteiger partial charge < -0.3 is 4.42 Å². The third-order valence-electron chi connectivity index (χ3n) is 4.93. The quantitative estimate of drug-likeness (QED) is 0.586. The van der Waals surface area contributed by atoms with E-state index >= 15 is 0 Å². The van der Waals surface area contributed by atoms with Crippen molar-refractivity contribution < 1.29 is 13.0 Å². The van der Waals surface area contributed by atoms with Gasteiger partial charge in [0, 0.05) is 22.9 Å². The van der Waals surface area contributed by atoms with Crippen molar-refractivity contribution >= 4 is 27.7 Å². The molecule has 0 amide bonds. The highest BCUT2D eigenvalue weighted by atomic mass is 32.2. The molecule has 0 unspecified atom stereocenters. The highest BCUT2D eigenvalue weighted by Crippen LogP contribution is 2.34. The molecule has 0 saturated heterocycles. The van der Waals surface area contributed by atoms with Crippen molar-refractivity contribution in [1.29, 1.82) is 0 Å². The minimum Gasteiger partial charge on any atom is -0.455 e. The minimum absolute atomic E-state index is 0.169. The van der Waals surface area contributed by atoms with Gasteiger partial charge >= 0.3 is 0 Å². The van der Waals surface area contributed by atoms with E-state index in [1.807, 2.05) is 26.8 Å². The van der Waals surface area contributed by atoms with Crippen LogP contribution in [0.4, 0.5) is 4.39 Å². The molecule has 0 aliphatic heterocycles. The van der Waals surface area contributed by atoms with Gasteiger partial charge in [0.25, 0.3) is 0 Å². The highest BCUT2D eigenvalue weighted by Gasteiger charge is 2.26. The van der Waals surface area contributed by atoms with Crippen LogP contribution >= 0.6 is 0 Å². The predicted octanol–water partition coefficient (Wildman–Crippen LogP) is 4.36. The first-order valence-electron chi connectivity index (χ1n) is 9.38. The molecule has 0 radical (unpaired) electrons. The molecule has 0 saturated carbocycles. The van der Waals surface area contributed by atoms with Crippen molar-refractivity contribution in [2.24, 2.45) is 4.40 Å². The monoisotopic (exact) mass is 412 g/mol. The van der Waals surface area contributed by atoms with Crippen LogP contribution in [0.5, 0.6) is 0 Å². The van der Waals surface area contributed by atoms with Gasteiger partial charge in [-0.05, 0) is 64.8 Å². The fourth-order valence-corrected chi connectivity index (χ4v) is 4.03. The van der Waals surface area contributed by atoms with Crippen molar-refractivity contribution in [3.63, 3.8) is 0 Å². The molecule has 1 atom stereocenters. The maximum atomic E-state index is 14.4. The first-order valence-corrected chi connectivity index (χ1v) is 10.5. The zero-order valence-electron chi connectivity index (χ0n) is 16.7. The Morgan fingerprint density at radius 3 is 2.76 bits per heavy atom. The Morgan fingerprint density at radius 1 is 1.28 bits per heavy atom. The summed E-state index contributed by atoms with van der Waals surface area (Å²) in [6, 6.07) is 6.12. The first kappa shape index (κ1) is 19.6. The van der Waals surface area contributed by atoms with Crippen LogP contribution in [-0.4, -0.2) is 19.7 Å². The largest absolute Gasteiger partial charge is 0.455 e. The molecule has 150 valence electrons. The molecule has 0 fully saturated rings. The SMILES string of the molecule is C/C(=N/[S@](=O)C(C)(C)C)c1cc(F)cc2c(=O)c3c(oc12)-c1cccnc1CC3. The van der Waals surface area contributed by atoms with Crippen molar-refractivity contribution in [2.75, 3.05) is 0 Å². The van der Waals surface area contributed by atoms with Gasteiger partial charge in [0.1, 0.15) is 28.1 Å². The van der Waals surface area contributed by atoms with E-state index in [4.69, 9.17) is 4.42 Å². The van der Waals surface area contributed by atoms with Gasteiger partial charge in [-0.1, -0.05) is 0 Å². The maximum Gasteiger partial charge on any atom is 0.196 e. The van der Waals surface area contributed by atoms with Gasteiger partial charge in [0.2, 0.25) is 0 Å². The molecule has 1 aromatic carbocycles. The molecule has 1 aliphatic rings. The number of aryl methyl sites for hydroxylation is 1. The van der Waals surface area contributed by atoms with Crippen LogP contribution in [0.15, 0.2) is 44.1 Å². The summed E-state index contributed by atoms with van der Waals surface area (Å²) in [5.41, 5.74) is 2.85. The zero-order chi connectivity index (χ0) is 20.9. The number of hydrogen-bond acceptors (Lipinski definition) is 4. The van der Waals surface area contributed by atoms with Crippen LogP contribution < -0.4 is 5.43 Å². The summed E-state index contributed by atoms with van der Waals surface area (Å²) >= 11 is 0. The standard InChI is InChI=1S/C22H21FN2O3S/c1-12(25-29(27)22(2,3)4)16-10-13(23)11-17-19(26)15-7-8-18-14(6-5-9-24-18)20(15)28-21(16)17/h5-6,9-11H,7-8H2,1-4H3/b25-12-/t29-/m1/s1. The Labute approximate surface area is 170 Å². The molecule has 3 aromatic rings. The van der Waals surface area contributed by atoms with Gasteiger partial charge in [-0.15, -0.1) is 0 Å². The molecule has 2 aromatic heterocycles. The fraction of sp³-hybridized carbons (Fsp3) is 0.318. The summed E-state index contributed by atoms with van der Waals surface area (Å²) < 4.78 is 36.7. The third-order valence-corrected chi connectivity index (χ3v) is 6.42. The van der Waals surface area contributed by atoms with Gasteiger partial charge in [-0.2, -0.15) is 4.40 Å². The van der Waals surface area contributed by atoms with Crippen molar-refractivity contribution in [2.45, 2.75) is 45.3 Å². The fourth-order valence-electron chi connectivity index (χ4n) is 3.41. The molecule has 2 heterocycles. The molecule has 7 heteroatoms. The van der Waals surface area contributed by atoms with E-state index in [9.17, 15) is 13.4 Å². The lowest BCUT2D eigenvalue weighted by Crippen LogP contribution is -2.21. The number of rotatable bonds is 2. The molecular weight excluding hydrogens is 391 g/mol. The Morgan fingerprint density at radius 2 is 2.03 bits per heavy atom. The highest BCUT2D eigenvalue weighted by molar-refractivity contribution is 7.85. The minimum atomic E-state index is -1.53. The summed E-state index contributed by atoms with van der Waals surface area (Å²) in [4.78, 5) is 17.5. The predicted molar refractivity (Wildman–Crippen MR) is 113 cm³/mol. The number of aromatic nitrogens is 1. The van der Waals surface area contributed by atoms with E-state index in [0.717, 1.165) is 11.3 Å². The van der Waals surface area contributed by atoms with E-state index in [1.54, 1.807) is 19.2 Å². The van der Waals surface area contributed by atoms with Crippen LogP contribution in [0.25, 0.3) is 22.3 Å². The molecular formula is C22H21FN2O3S. The number of halogens is 1. The van der Waals surface area contributed by atoms with Crippen LogP contribution in [0.3, 0.4) is 0 Å². The normalized spacial score (nSPS) is 15.1. The number of hydrogen-bond donors (Lipinski definition) is 0. The van der Waals surface area contributed by atoms with E-state index < -0.39 is 21.5 Å². The van der Waals surface area contributed by atoms with Crippen molar-refractivity contribution in [3.05, 3.63) is 63.3 Å². The van der Waals surface area contributed by atoms with E-state index in [0.29, 0.717) is 35.4 Å². The van der Waals surface area contributed by atoms with Crippen LogP contribution in [-0.2, 0) is 23.8 Å². The van der Waals surface area contributed by atoms with Gasteiger partial charge in [-0.25, -0.2) is 8.60 Å². The molecule has 29 heavy (non-hydrogen) atoms.